The summed E-state index contributed by atoms with van der Waals surface area (Å²) in [6.07, 6.45) is 0. The van der Waals surface area contributed by atoms with Gasteiger partial charge >= 0.3 is 0 Å². The standard InChI is InChI=1S/C13H20N2O3/c1-17-8-11-6-4-3-5-10(11)7-15-13(16)12(14)9-18-2/h3-6,12H,7-9,14H2,1-2H3,(H,15,16). The summed E-state index contributed by atoms with van der Waals surface area (Å²) in [5, 5.41) is 2.78. The molecule has 0 radical (unpaired) electrons. The first-order valence-corrected chi connectivity index (χ1v) is 5.77. The molecule has 0 fully saturated rings. The summed E-state index contributed by atoms with van der Waals surface area (Å²) in [5.74, 6) is -0.218. The van der Waals surface area contributed by atoms with E-state index >= 15 is 0 Å². The summed E-state index contributed by atoms with van der Waals surface area (Å²) in [6, 6.07) is 7.16. The number of nitrogens with one attached hydrogen (secondary N) is 1. The van der Waals surface area contributed by atoms with E-state index in [1.165, 1.54) is 7.11 Å². The molecule has 0 aliphatic carbocycles. The van der Waals surface area contributed by atoms with E-state index in [0.29, 0.717) is 13.2 Å². The first-order chi connectivity index (χ1) is 8.69. The van der Waals surface area contributed by atoms with Gasteiger partial charge in [-0.25, -0.2) is 0 Å². The molecule has 0 aliphatic heterocycles. The van der Waals surface area contributed by atoms with E-state index in [1.807, 2.05) is 24.3 Å². The molecule has 5 nitrogen and oxygen atoms in total. The van der Waals surface area contributed by atoms with Gasteiger partial charge in [0.1, 0.15) is 6.04 Å². The first kappa shape index (κ1) is 14.6. The van der Waals surface area contributed by atoms with E-state index in [2.05, 4.69) is 5.32 Å². The van der Waals surface area contributed by atoms with Gasteiger partial charge in [0.05, 0.1) is 13.2 Å². The van der Waals surface area contributed by atoms with Gasteiger partial charge in [-0.05, 0) is 11.1 Å². The molecule has 1 unspecified atom stereocenters. The van der Waals surface area contributed by atoms with Crippen molar-refractivity contribution in [1.29, 1.82) is 0 Å². The van der Waals surface area contributed by atoms with Crippen LogP contribution in [0.15, 0.2) is 24.3 Å². The van der Waals surface area contributed by atoms with Gasteiger partial charge in [-0.15, -0.1) is 0 Å². The molecule has 0 aromatic heterocycles. The molecular weight excluding hydrogens is 232 g/mol. The van der Waals surface area contributed by atoms with Crippen molar-refractivity contribution in [2.24, 2.45) is 5.73 Å². The number of carbonyl (C=O) groups excluding carboxylic acids is 1. The Hall–Kier alpha value is -1.43. The number of ether oxygens (including phenoxy) is 2. The number of rotatable bonds is 7. The van der Waals surface area contributed by atoms with Gasteiger partial charge in [-0.2, -0.15) is 0 Å². The second-order valence-electron chi connectivity index (χ2n) is 3.98. The molecule has 1 amide bonds. The molecular formula is C13H20N2O3. The van der Waals surface area contributed by atoms with Crippen molar-refractivity contribution in [2.75, 3.05) is 20.8 Å². The molecule has 1 rings (SSSR count). The number of methoxy groups -OCH3 is 2. The van der Waals surface area contributed by atoms with Crippen LogP contribution in [0, 0.1) is 0 Å². The van der Waals surface area contributed by atoms with Gasteiger partial charge in [0.2, 0.25) is 5.91 Å². The highest BCUT2D eigenvalue weighted by atomic mass is 16.5. The SMILES string of the molecule is COCc1ccccc1CNC(=O)C(N)COC. The second-order valence-corrected chi connectivity index (χ2v) is 3.98. The molecule has 5 heteroatoms. The van der Waals surface area contributed by atoms with Gasteiger partial charge in [-0.3, -0.25) is 4.79 Å². The fraction of sp³-hybridized carbons (Fsp3) is 0.462. The lowest BCUT2D eigenvalue weighted by atomic mass is 10.1. The predicted octanol–water partition coefficient (Wildman–Crippen LogP) is 0.423. The van der Waals surface area contributed by atoms with Crippen LogP contribution in [0.1, 0.15) is 11.1 Å². The second kappa shape index (κ2) is 7.81. The largest absolute Gasteiger partial charge is 0.383 e. The van der Waals surface area contributed by atoms with Crippen molar-refractivity contribution in [3.8, 4) is 0 Å². The molecule has 0 saturated heterocycles. The van der Waals surface area contributed by atoms with Crippen molar-refractivity contribution in [1.82, 2.24) is 5.32 Å². The number of hydrogen-bond donors (Lipinski definition) is 2. The maximum absolute atomic E-state index is 11.6. The van der Waals surface area contributed by atoms with Gasteiger partial charge in [0, 0.05) is 20.8 Å². The molecule has 1 aromatic rings. The quantitative estimate of drug-likeness (QED) is 0.737. The Kier molecular flexibility index (Phi) is 6.35. The topological polar surface area (TPSA) is 73.6 Å². The zero-order chi connectivity index (χ0) is 13.4. The van der Waals surface area contributed by atoms with E-state index in [4.69, 9.17) is 15.2 Å². The van der Waals surface area contributed by atoms with Gasteiger partial charge < -0.3 is 20.5 Å². The maximum atomic E-state index is 11.6. The highest BCUT2D eigenvalue weighted by Crippen LogP contribution is 2.09. The summed E-state index contributed by atoms with van der Waals surface area (Å²) in [4.78, 5) is 11.6. The lowest BCUT2D eigenvalue weighted by molar-refractivity contribution is -0.123. The Morgan fingerprint density at radius 2 is 1.94 bits per heavy atom. The van der Waals surface area contributed by atoms with Crippen LogP contribution in [-0.4, -0.2) is 32.8 Å². The van der Waals surface area contributed by atoms with Crippen molar-refractivity contribution >= 4 is 5.91 Å². The molecule has 0 bridgehead atoms. The van der Waals surface area contributed by atoms with Gasteiger partial charge in [0.25, 0.3) is 0 Å². The monoisotopic (exact) mass is 252 g/mol. The van der Waals surface area contributed by atoms with Crippen molar-refractivity contribution in [3.05, 3.63) is 35.4 Å². The minimum absolute atomic E-state index is 0.214. The van der Waals surface area contributed by atoms with Crippen molar-refractivity contribution in [3.63, 3.8) is 0 Å². The number of carbonyl (C=O) groups is 1. The van der Waals surface area contributed by atoms with Gasteiger partial charge in [0.15, 0.2) is 0 Å². The van der Waals surface area contributed by atoms with E-state index in [-0.39, 0.29) is 12.5 Å². The van der Waals surface area contributed by atoms with Crippen LogP contribution < -0.4 is 11.1 Å². The fourth-order valence-electron chi connectivity index (χ4n) is 1.59. The fourth-order valence-corrected chi connectivity index (χ4v) is 1.59. The summed E-state index contributed by atoms with van der Waals surface area (Å²) in [6.45, 7) is 1.18. The number of hydrogen-bond acceptors (Lipinski definition) is 4. The third-order valence-corrected chi connectivity index (χ3v) is 2.55. The normalized spacial score (nSPS) is 12.2. The molecule has 0 heterocycles. The number of amides is 1. The van der Waals surface area contributed by atoms with Crippen molar-refractivity contribution < 1.29 is 14.3 Å². The number of nitrogens with two attached hydrogens (primary N) is 1. The lowest BCUT2D eigenvalue weighted by Gasteiger charge is -2.13. The maximum Gasteiger partial charge on any atom is 0.239 e. The van der Waals surface area contributed by atoms with Crippen LogP contribution >= 0.6 is 0 Å². The Labute approximate surface area is 107 Å². The Balaban J connectivity index is 2.55. The Bertz CT molecular complexity index is 382. The average molecular weight is 252 g/mol. The highest BCUT2D eigenvalue weighted by molar-refractivity contribution is 5.81. The van der Waals surface area contributed by atoms with E-state index in [0.717, 1.165) is 11.1 Å². The van der Waals surface area contributed by atoms with Crippen LogP contribution in [0.3, 0.4) is 0 Å². The highest BCUT2D eigenvalue weighted by Gasteiger charge is 2.12. The van der Waals surface area contributed by atoms with Crippen LogP contribution in [0.5, 0.6) is 0 Å². The van der Waals surface area contributed by atoms with Crippen LogP contribution in [-0.2, 0) is 27.4 Å². The van der Waals surface area contributed by atoms with Crippen molar-refractivity contribution in [2.45, 2.75) is 19.2 Å². The molecule has 100 valence electrons. The molecule has 3 N–H and O–H groups in total. The molecule has 0 spiro atoms. The Morgan fingerprint density at radius 3 is 2.56 bits per heavy atom. The predicted molar refractivity (Wildman–Crippen MR) is 68.9 cm³/mol. The minimum Gasteiger partial charge on any atom is -0.383 e. The molecule has 1 aromatic carbocycles. The summed E-state index contributed by atoms with van der Waals surface area (Å²) >= 11 is 0. The lowest BCUT2D eigenvalue weighted by Crippen LogP contribution is -2.43. The number of benzene rings is 1. The Morgan fingerprint density at radius 1 is 1.28 bits per heavy atom. The van der Waals surface area contributed by atoms with Crippen LogP contribution in [0.4, 0.5) is 0 Å². The third kappa shape index (κ3) is 4.44. The summed E-state index contributed by atoms with van der Waals surface area (Å²) in [5.41, 5.74) is 7.71. The molecule has 0 saturated carbocycles. The average Bonchev–Trinajstić information content (AvgIpc) is 2.38. The van der Waals surface area contributed by atoms with Crippen LogP contribution in [0.2, 0.25) is 0 Å². The molecule has 1 atom stereocenters. The van der Waals surface area contributed by atoms with Crippen LogP contribution in [0.25, 0.3) is 0 Å². The molecule has 0 aliphatic rings. The first-order valence-electron chi connectivity index (χ1n) is 5.77. The smallest absolute Gasteiger partial charge is 0.239 e. The minimum atomic E-state index is -0.635. The van der Waals surface area contributed by atoms with E-state index in [9.17, 15) is 4.79 Å². The zero-order valence-corrected chi connectivity index (χ0v) is 10.8. The van der Waals surface area contributed by atoms with E-state index in [1.54, 1.807) is 7.11 Å². The van der Waals surface area contributed by atoms with E-state index < -0.39 is 6.04 Å². The van der Waals surface area contributed by atoms with Gasteiger partial charge in [-0.1, -0.05) is 24.3 Å². The zero-order valence-electron chi connectivity index (χ0n) is 10.8. The summed E-state index contributed by atoms with van der Waals surface area (Å²) in [7, 11) is 3.16. The summed E-state index contributed by atoms with van der Waals surface area (Å²) < 4.78 is 9.94. The molecule has 18 heavy (non-hydrogen) atoms. The third-order valence-electron chi connectivity index (χ3n) is 2.55.